The first kappa shape index (κ1) is 15.7. The van der Waals surface area contributed by atoms with Crippen molar-refractivity contribution in [1.82, 2.24) is 0 Å². The molecule has 0 aromatic heterocycles. The van der Waals surface area contributed by atoms with Crippen LogP contribution in [0, 0.1) is 5.82 Å². The summed E-state index contributed by atoms with van der Waals surface area (Å²) in [7, 11) is 0. The molecule has 0 spiro atoms. The van der Waals surface area contributed by atoms with Gasteiger partial charge in [-0.1, -0.05) is 48.0 Å². The molecule has 1 amide bonds. The summed E-state index contributed by atoms with van der Waals surface area (Å²) in [5.41, 5.74) is 1.82. The van der Waals surface area contributed by atoms with Gasteiger partial charge in [0.1, 0.15) is 5.82 Å². The van der Waals surface area contributed by atoms with E-state index in [4.69, 9.17) is 0 Å². The molecule has 21 heavy (non-hydrogen) atoms. The molecule has 0 radical (unpaired) electrons. The van der Waals surface area contributed by atoms with E-state index in [0.717, 1.165) is 17.7 Å². The Morgan fingerprint density at radius 1 is 1.29 bits per heavy atom. The molecule has 2 aromatic rings. The van der Waals surface area contributed by atoms with Crippen molar-refractivity contribution in [2.24, 2.45) is 0 Å². The minimum absolute atomic E-state index is 0.0309. The molecule has 2 rings (SSSR count). The summed E-state index contributed by atoms with van der Waals surface area (Å²) in [4.78, 5) is 12.3. The lowest BCUT2D eigenvalue weighted by atomic mass is 9.97. The highest BCUT2D eigenvalue weighted by atomic mass is 79.9. The maximum atomic E-state index is 13.8. The predicted octanol–water partition coefficient (Wildman–Crippen LogP) is 5.35. The fraction of sp³-hybridized carbons (Fsp3) is 0.235. The summed E-state index contributed by atoms with van der Waals surface area (Å²) in [6, 6.07) is 12.0. The van der Waals surface area contributed by atoms with Gasteiger partial charge in [-0.15, -0.1) is 0 Å². The zero-order valence-electron chi connectivity index (χ0n) is 12.0. The van der Waals surface area contributed by atoms with Crippen LogP contribution in [0.1, 0.15) is 42.1 Å². The van der Waals surface area contributed by atoms with E-state index in [1.807, 2.05) is 24.3 Å². The van der Waals surface area contributed by atoms with Crippen LogP contribution >= 0.6 is 15.9 Å². The standard InChI is InChI=1S/C17H17BrFNO/c1-3-11(2)13-6-4-5-7-16(13)20-17(21)14-10-12(18)8-9-15(14)19/h4-11H,3H2,1-2H3,(H,20,21). The maximum Gasteiger partial charge on any atom is 0.258 e. The van der Waals surface area contributed by atoms with Crippen LogP contribution in [0.5, 0.6) is 0 Å². The van der Waals surface area contributed by atoms with Crippen molar-refractivity contribution in [2.75, 3.05) is 5.32 Å². The number of carbonyl (C=O) groups excluding carboxylic acids is 1. The second-order valence-corrected chi connectivity index (χ2v) is 5.89. The molecule has 1 atom stereocenters. The van der Waals surface area contributed by atoms with Crippen LogP contribution in [0.25, 0.3) is 0 Å². The molecule has 0 heterocycles. The number of hydrogen-bond acceptors (Lipinski definition) is 1. The van der Waals surface area contributed by atoms with E-state index in [9.17, 15) is 9.18 Å². The van der Waals surface area contributed by atoms with Gasteiger partial charge in [0.05, 0.1) is 5.56 Å². The van der Waals surface area contributed by atoms with E-state index in [1.54, 1.807) is 6.07 Å². The molecule has 1 unspecified atom stereocenters. The summed E-state index contributed by atoms with van der Waals surface area (Å²) < 4.78 is 14.4. The van der Waals surface area contributed by atoms with Crippen molar-refractivity contribution in [2.45, 2.75) is 26.2 Å². The molecular formula is C17H17BrFNO. The van der Waals surface area contributed by atoms with Gasteiger partial charge < -0.3 is 5.32 Å². The van der Waals surface area contributed by atoms with Gasteiger partial charge in [0.15, 0.2) is 0 Å². The van der Waals surface area contributed by atoms with Crippen molar-refractivity contribution >= 4 is 27.5 Å². The van der Waals surface area contributed by atoms with E-state index >= 15 is 0 Å². The van der Waals surface area contributed by atoms with E-state index in [2.05, 4.69) is 35.1 Å². The molecule has 0 fully saturated rings. The smallest absolute Gasteiger partial charge is 0.258 e. The van der Waals surface area contributed by atoms with E-state index in [0.29, 0.717) is 10.4 Å². The van der Waals surface area contributed by atoms with Gasteiger partial charge in [0.2, 0.25) is 0 Å². The Balaban J connectivity index is 2.30. The van der Waals surface area contributed by atoms with Crippen LogP contribution in [0.3, 0.4) is 0 Å². The monoisotopic (exact) mass is 349 g/mol. The molecule has 0 saturated carbocycles. The second kappa shape index (κ2) is 6.85. The highest BCUT2D eigenvalue weighted by molar-refractivity contribution is 9.10. The minimum atomic E-state index is -0.531. The van der Waals surface area contributed by atoms with Crippen LogP contribution in [0.4, 0.5) is 10.1 Å². The first-order valence-electron chi connectivity index (χ1n) is 6.88. The number of para-hydroxylation sites is 1. The lowest BCUT2D eigenvalue weighted by Gasteiger charge is -2.15. The molecular weight excluding hydrogens is 333 g/mol. The number of nitrogens with one attached hydrogen (secondary N) is 1. The summed E-state index contributed by atoms with van der Waals surface area (Å²) in [5, 5.41) is 2.81. The van der Waals surface area contributed by atoms with Gasteiger partial charge in [-0.3, -0.25) is 4.79 Å². The van der Waals surface area contributed by atoms with Crippen LogP contribution < -0.4 is 5.32 Å². The lowest BCUT2D eigenvalue weighted by molar-refractivity contribution is 0.102. The Bertz CT molecular complexity index is 657. The maximum absolute atomic E-state index is 13.8. The average molecular weight is 350 g/mol. The lowest BCUT2D eigenvalue weighted by Crippen LogP contribution is -2.15. The predicted molar refractivity (Wildman–Crippen MR) is 87.2 cm³/mol. The van der Waals surface area contributed by atoms with Crippen molar-refractivity contribution in [3.63, 3.8) is 0 Å². The van der Waals surface area contributed by atoms with Gasteiger partial charge in [0.25, 0.3) is 5.91 Å². The molecule has 2 aromatic carbocycles. The SMILES string of the molecule is CCC(C)c1ccccc1NC(=O)c1cc(Br)ccc1F. The largest absolute Gasteiger partial charge is 0.322 e. The van der Waals surface area contributed by atoms with Gasteiger partial charge >= 0.3 is 0 Å². The van der Waals surface area contributed by atoms with Gasteiger partial charge in [-0.2, -0.15) is 0 Å². The van der Waals surface area contributed by atoms with Crippen LogP contribution in [0.2, 0.25) is 0 Å². The third kappa shape index (κ3) is 3.70. The molecule has 2 nitrogen and oxygen atoms in total. The van der Waals surface area contributed by atoms with E-state index in [1.165, 1.54) is 12.1 Å². The quantitative estimate of drug-likeness (QED) is 0.791. The van der Waals surface area contributed by atoms with Gasteiger partial charge in [-0.25, -0.2) is 4.39 Å². The van der Waals surface area contributed by atoms with Crippen molar-refractivity contribution in [3.05, 3.63) is 63.9 Å². The van der Waals surface area contributed by atoms with Crippen molar-refractivity contribution < 1.29 is 9.18 Å². The number of hydrogen-bond donors (Lipinski definition) is 1. The number of rotatable bonds is 4. The van der Waals surface area contributed by atoms with Crippen LogP contribution in [-0.2, 0) is 0 Å². The zero-order chi connectivity index (χ0) is 15.4. The Morgan fingerprint density at radius 2 is 2.00 bits per heavy atom. The van der Waals surface area contributed by atoms with Crippen LogP contribution in [-0.4, -0.2) is 5.91 Å². The minimum Gasteiger partial charge on any atom is -0.322 e. The van der Waals surface area contributed by atoms with Crippen molar-refractivity contribution in [3.8, 4) is 0 Å². The molecule has 4 heteroatoms. The molecule has 0 aliphatic carbocycles. The number of carbonyl (C=O) groups is 1. The topological polar surface area (TPSA) is 29.1 Å². The molecule has 0 bridgehead atoms. The Hall–Kier alpha value is -1.68. The number of amides is 1. The third-order valence-corrected chi connectivity index (χ3v) is 4.02. The van der Waals surface area contributed by atoms with Crippen molar-refractivity contribution in [1.29, 1.82) is 0 Å². The molecule has 0 aliphatic rings. The van der Waals surface area contributed by atoms with E-state index < -0.39 is 11.7 Å². The first-order chi connectivity index (χ1) is 10.0. The van der Waals surface area contributed by atoms with Crippen LogP contribution in [0.15, 0.2) is 46.9 Å². The summed E-state index contributed by atoms with van der Waals surface area (Å²) in [6.45, 7) is 4.20. The highest BCUT2D eigenvalue weighted by Crippen LogP contribution is 2.27. The van der Waals surface area contributed by atoms with Gasteiger partial charge in [-0.05, 0) is 42.2 Å². The first-order valence-corrected chi connectivity index (χ1v) is 7.67. The number of anilines is 1. The fourth-order valence-electron chi connectivity index (χ4n) is 2.12. The number of benzene rings is 2. The average Bonchev–Trinajstić information content (AvgIpc) is 2.49. The molecule has 0 saturated heterocycles. The normalized spacial score (nSPS) is 12.0. The summed E-state index contributed by atoms with van der Waals surface area (Å²) in [5.74, 6) is -0.643. The fourth-order valence-corrected chi connectivity index (χ4v) is 2.48. The third-order valence-electron chi connectivity index (χ3n) is 3.53. The number of halogens is 2. The Kier molecular flexibility index (Phi) is 5.12. The Morgan fingerprint density at radius 3 is 2.71 bits per heavy atom. The summed E-state index contributed by atoms with van der Waals surface area (Å²) in [6.07, 6.45) is 0.970. The molecule has 110 valence electrons. The zero-order valence-corrected chi connectivity index (χ0v) is 13.6. The second-order valence-electron chi connectivity index (χ2n) is 4.97. The molecule has 1 N–H and O–H groups in total. The molecule has 0 aliphatic heterocycles. The Labute approximate surface area is 132 Å². The summed E-state index contributed by atoms with van der Waals surface area (Å²) >= 11 is 3.25. The van der Waals surface area contributed by atoms with Gasteiger partial charge in [0, 0.05) is 10.2 Å². The van der Waals surface area contributed by atoms with E-state index in [-0.39, 0.29) is 5.56 Å². The highest BCUT2D eigenvalue weighted by Gasteiger charge is 2.15.